The average molecular weight is 437 g/mol. The van der Waals surface area contributed by atoms with E-state index in [4.69, 9.17) is 9.47 Å². The summed E-state index contributed by atoms with van der Waals surface area (Å²) in [6.07, 6.45) is 7.68. The summed E-state index contributed by atoms with van der Waals surface area (Å²) in [7, 11) is 0. The van der Waals surface area contributed by atoms with Crippen molar-refractivity contribution in [2.75, 3.05) is 11.9 Å². The van der Waals surface area contributed by atoms with Crippen LogP contribution in [0.15, 0.2) is 60.7 Å². The zero-order valence-corrected chi connectivity index (χ0v) is 18.1. The maximum Gasteiger partial charge on any atom is 0.513 e. The maximum atomic E-state index is 12.4. The summed E-state index contributed by atoms with van der Waals surface area (Å²) in [5.74, 6) is 0.449. The molecule has 0 bridgehead atoms. The van der Waals surface area contributed by atoms with Crippen molar-refractivity contribution in [2.24, 2.45) is 5.92 Å². The predicted octanol–water partition coefficient (Wildman–Crippen LogP) is 4.84. The molecule has 168 valence electrons. The molecule has 0 aromatic heterocycles. The van der Waals surface area contributed by atoms with Crippen molar-refractivity contribution in [2.45, 2.75) is 39.2 Å². The zero-order chi connectivity index (χ0) is 22.8. The van der Waals surface area contributed by atoms with Crippen LogP contribution >= 0.6 is 0 Å². The minimum atomic E-state index is -0.786. The van der Waals surface area contributed by atoms with E-state index in [1.54, 1.807) is 37.3 Å². The molecule has 7 heteroatoms. The highest BCUT2D eigenvalue weighted by Gasteiger charge is 2.12. The van der Waals surface area contributed by atoms with Gasteiger partial charge >= 0.3 is 6.16 Å². The number of carbonyl (C=O) groups is 3. The Balaban J connectivity index is 1.45. The van der Waals surface area contributed by atoms with Gasteiger partial charge in [0.25, 0.3) is 5.91 Å². The first-order valence-electron chi connectivity index (χ1n) is 10.8. The van der Waals surface area contributed by atoms with Crippen LogP contribution in [0.3, 0.4) is 0 Å². The predicted molar refractivity (Wildman–Crippen MR) is 121 cm³/mol. The van der Waals surface area contributed by atoms with Crippen LogP contribution in [0.4, 0.5) is 10.5 Å². The number of rotatable bonds is 8. The van der Waals surface area contributed by atoms with Gasteiger partial charge in [0.05, 0.1) is 6.61 Å². The van der Waals surface area contributed by atoms with Crippen LogP contribution in [0, 0.1) is 5.92 Å². The number of allylic oxidation sites excluding steroid dienone is 1. The molecule has 0 atom stereocenters. The molecule has 0 heterocycles. The fourth-order valence-electron chi connectivity index (χ4n) is 3.45. The van der Waals surface area contributed by atoms with Crippen LogP contribution < -0.4 is 15.4 Å². The second kappa shape index (κ2) is 11.7. The van der Waals surface area contributed by atoms with Gasteiger partial charge in [0.2, 0.25) is 5.91 Å². The molecule has 0 spiro atoms. The molecule has 1 aliphatic carbocycles. The van der Waals surface area contributed by atoms with Gasteiger partial charge in [-0.15, -0.1) is 0 Å². The van der Waals surface area contributed by atoms with Crippen molar-refractivity contribution in [3.63, 3.8) is 0 Å². The summed E-state index contributed by atoms with van der Waals surface area (Å²) in [6.45, 7) is 2.33. The zero-order valence-electron chi connectivity index (χ0n) is 18.1. The molecule has 1 fully saturated rings. The van der Waals surface area contributed by atoms with Gasteiger partial charge in [0.1, 0.15) is 5.75 Å². The van der Waals surface area contributed by atoms with Gasteiger partial charge < -0.3 is 20.1 Å². The van der Waals surface area contributed by atoms with Gasteiger partial charge in [-0.05, 0) is 73.7 Å². The topological polar surface area (TPSA) is 93.7 Å². The van der Waals surface area contributed by atoms with E-state index in [1.807, 2.05) is 18.2 Å². The first kappa shape index (κ1) is 23.1. The summed E-state index contributed by atoms with van der Waals surface area (Å²) in [6, 6.07) is 13.5. The summed E-state index contributed by atoms with van der Waals surface area (Å²) >= 11 is 0. The van der Waals surface area contributed by atoms with E-state index >= 15 is 0 Å². The number of hydrogen-bond acceptors (Lipinski definition) is 5. The molecule has 0 saturated heterocycles. The Morgan fingerprint density at radius 2 is 1.69 bits per heavy atom. The van der Waals surface area contributed by atoms with E-state index in [2.05, 4.69) is 10.6 Å². The molecular formula is C25H28N2O5. The Morgan fingerprint density at radius 1 is 1.00 bits per heavy atom. The van der Waals surface area contributed by atoms with E-state index in [0.29, 0.717) is 29.5 Å². The summed E-state index contributed by atoms with van der Waals surface area (Å²) in [5.41, 5.74) is 2.00. The third kappa shape index (κ3) is 7.27. The van der Waals surface area contributed by atoms with Crippen molar-refractivity contribution in [1.29, 1.82) is 0 Å². The van der Waals surface area contributed by atoms with Gasteiger partial charge in [0.15, 0.2) is 0 Å². The molecule has 32 heavy (non-hydrogen) atoms. The summed E-state index contributed by atoms with van der Waals surface area (Å²) in [5, 5.41) is 5.69. The number of ether oxygens (including phenoxy) is 2. The molecule has 3 rings (SSSR count). The first-order chi connectivity index (χ1) is 15.5. The van der Waals surface area contributed by atoms with Crippen LogP contribution in [0.1, 0.15) is 48.5 Å². The van der Waals surface area contributed by atoms with E-state index < -0.39 is 6.16 Å². The highest BCUT2D eigenvalue weighted by molar-refractivity contribution is 6.04. The molecule has 7 nitrogen and oxygen atoms in total. The van der Waals surface area contributed by atoms with Gasteiger partial charge in [-0.1, -0.05) is 31.1 Å². The van der Waals surface area contributed by atoms with E-state index in [9.17, 15) is 14.4 Å². The Morgan fingerprint density at radius 3 is 2.34 bits per heavy atom. The van der Waals surface area contributed by atoms with Crippen molar-refractivity contribution in [1.82, 2.24) is 5.32 Å². The lowest BCUT2D eigenvalue weighted by molar-refractivity contribution is -0.116. The van der Waals surface area contributed by atoms with Crippen molar-refractivity contribution in [3.05, 3.63) is 71.8 Å². The molecule has 0 radical (unpaired) electrons. The van der Waals surface area contributed by atoms with Crippen LogP contribution in [-0.4, -0.2) is 24.6 Å². The Hall–Kier alpha value is -3.61. The first-order valence-corrected chi connectivity index (χ1v) is 10.8. The van der Waals surface area contributed by atoms with Gasteiger partial charge in [-0.3, -0.25) is 9.59 Å². The summed E-state index contributed by atoms with van der Waals surface area (Å²) in [4.78, 5) is 35.7. The summed E-state index contributed by atoms with van der Waals surface area (Å²) < 4.78 is 9.68. The number of carbonyl (C=O) groups excluding carboxylic acids is 3. The lowest BCUT2D eigenvalue weighted by Crippen LogP contribution is -2.20. The molecular weight excluding hydrogens is 408 g/mol. The quantitative estimate of drug-likeness (QED) is 0.351. The van der Waals surface area contributed by atoms with Crippen molar-refractivity contribution < 1.29 is 23.9 Å². The van der Waals surface area contributed by atoms with Crippen molar-refractivity contribution >= 4 is 23.7 Å². The average Bonchev–Trinajstić information content (AvgIpc) is 3.31. The Kier molecular flexibility index (Phi) is 8.43. The number of anilines is 1. The van der Waals surface area contributed by atoms with Gasteiger partial charge in [-0.2, -0.15) is 0 Å². The molecule has 2 aromatic rings. The monoisotopic (exact) mass is 436 g/mol. The van der Waals surface area contributed by atoms with Crippen LogP contribution in [0.5, 0.6) is 5.75 Å². The Labute approximate surface area is 187 Å². The van der Waals surface area contributed by atoms with Gasteiger partial charge in [0, 0.05) is 17.8 Å². The second-order valence-corrected chi connectivity index (χ2v) is 7.58. The standard InChI is InChI=1S/C25H28N2O5/c1-2-31-25(30)32-22-14-10-20(11-15-22)24(29)27-21-12-7-19(8-13-21)17-26-23(28)16-9-18-5-3-4-6-18/h7-16,18H,2-6,17H2,1H3,(H,26,28)(H,27,29)/b16-9+. The fraction of sp³-hybridized carbons (Fsp3) is 0.320. The highest BCUT2D eigenvalue weighted by Crippen LogP contribution is 2.25. The lowest BCUT2D eigenvalue weighted by atomic mass is 10.1. The molecule has 2 amide bonds. The Bertz CT molecular complexity index is 945. The third-order valence-corrected chi connectivity index (χ3v) is 5.18. The molecule has 1 saturated carbocycles. The molecule has 2 aromatic carbocycles. The van der Waals surface area contributed by atoms with E-state index in [0.717, 1.165) is 5.56 Å². The van der Waals surface area contributed by atoms with Crippen LogP contribution in [0.2, 0.25) is 0 Å². The second-order valence-electron chi connectivity index (χ2n) is 7.58. The lowest BCUT2D eigenvalue weighted by Gasteiger charge is -2.08. The van der Waals surface area contributed by atoms with E-state index in [-0.39, 0.29) is 18.4 Å². The minimum Gasteiger partial charge on any atom is -0.434 e. The molecule has 2 N–H and O–H groups in total. The number of nitrogens with one attached hydrogen (secondary N) is 2. The normalized spacial score (nSPS) is 13.7. The third-order valence-electron chi connectivity index (χ3n) is 5.18. The van der Waals surface area contributed by atoms with Gasteiger partial charge in [-0.25, -0.2) is 4.79 Å². The van der Waals surface area contributed by atoms with Crippen LogP contribution in [0.25, 0.3) is 0 Å². The molecule has 1 aliphatic rings. The van der Waals surface area contributed by atoms with Crippen molar-refractivity contribution in [3.8, 4) is 5.75 Å². The number of amides is 2. The van der Waals surface area contributed by atoms with E-state index in [1.165, 1.54) is 37.8 Å². The fourth-order valence-corrected chi connectivity index (χ4v) is 3.45. The number of hydrogen-bond donors (Lipinski definition) is 2. The maximum absolute atomic E-state index is 12.4. The smallest absolute Gasteiger partial charge is 0.434 e. The molecule has 0 unspecified atom stereocenters. The number of benzene rings is 2. The molecule has 0 aliphatic heterocycles. The SMILES string of the molecule is CCOC(=O)Oc1ccc(C(=O)Nc2ccc(CNC(=O)/C=C/C3CCCC3)cc2)cc1. The highest BCUT2D eigenvalue weighted by atomic mass is 16.7. The largest absolute Gasteiger partial charge is 0.513 e. The minimum absolute atomic E-state index is 0.0929. The van der Waals surface area contributed by atoms with Crippen LogP contribution in [-0.2, 0) is 16.1 Å².